The van der Waals surface area contributed by atoms with Gasteiger partial charge in [-0.25, -0.2) is 4.68 Å². The predicted molar refractivity (Wildman–Crippen MR) is 96.2 cm³/mol. The molecule has 0 aliphatic carbocycles. The van der Waals surface area contributed by atoms with E-state index in [2.05, 4.69) is 34.5 Å². The fourth-order valence-electron chi connectivity index (χ4n) is 2.84. The smallest absolute Gasteiger partial charge is 0.311 e. The molecule has 0 N–H and O–H groups in total. The minimum atomic E-state index is -0.418. The molecule has 1 atom stereocenters. The number of thioether (sulfide) groups is 2. The van der Waals surface area contributed by atoms with Crippen molar-refractivity contribution in [3.8, 4) is 5.75 Å². The zero-order valence-electron chi connectivity index (χ0n) is 13.7. The quantitative estimate of drug-likeness (QED) is 0.590. The van der Waals surface area contributed by atoms with Gasteiger partial charge in [-0.15, -0.1) is 10.2 Å². The van der Waals surface area contributed by atoms with E-state index in [9.17, 15) is 10.1 Å². The standard InChI is InChI=1S/C15H15N5O3S2/c1-8(2)13-16-17-15-19(13)18-12(25-15)7-24-14(18)9-4-5-11(23-3)10(6-9)20(21)22/h4-8,14H,1-3H3. The summed E-state index contributed by atoms with van der Waals surface area (Å²) in [4.78, 5) is 10.9. The Morgan fingerprint density at radius 2 is 2.16 bits per heavy atom. The van der Waals surface area contributed by atoms with Crippen molar-refractivity contribution in [1.82, 2.24) is 14.9 Å². The van der Waals surface area contributed by atoms with Gasteiger partial charge in [-0.3, -0.25) is 15.1 Å². The van der Waals surface area contributed by atoms with Crippen molar-refractivity contribution in [2.75, 3.05) is 12.1 Å². The maximum absolute atomic E-state index is 11.3. The topological polar surface area (TPSA) is 86.3 Å². The van der Waals surface area contributed by atoms with Crippen molar-refractivity contribution in [3.63, 3.8) is 0 Å². The molecule has 0 saturated heterocycles. The van der Waals surface area contributed by atoms with E-state index in [1.807, 2.05) is 10.7 Å². The van der Waals surface area contributed by atoms with Gasteiger partial charge in [0, 0.05) is 17.4 Å². The van der Waals surface area contributed by atoms with Crippen LogP contribution in [-0.4, -0.2) is 26.9 Å². The van der Waals surface area contributed by atoms with Gasteiger partial charge in [0.05, 0.1) is 12.0 Å². The highest BCUT2D eigenvalue weighted by Crippen LogP contribution is 2.52. The lowest BCUT2D eigenvalue weighted by atomic mass is 10.1. The number of benzene rings is 1. The number of nitro groups is 1. The molecule has 2 aliphatic heterocycles. The van der Waals surface area contributed by atoms with Gasteiger partial charge in [-0.2, -0.15) is 0 Å². The first-order valence-corrected chi connectivity index (χ1v) is 9.38. The lowest BCUT2D eigenvalue weighted by Crippen LogP contribution is -2.31. The van der Waals surface area contributed by atoms with E-state index in [-0.39, 0.29) is 22.7 Å². The van der Waals surface area contributed by atoms with Crippen LogP contribution in [0.4, 0.5) is 5.69 Å². The van der Waals surface area contributed by atoms with Crippen LogP contribution in [0.1, 0.15) is 36.5 Å². The largest absolute Gasteiger partial charge is 0.490 e. The first kappa shape index (κ1) is 16.3. The lowest BCUT2D eigenvalue weighted by molar-refractivity contribution is -0.385. The molecule has 0 bridgehead atoms. The number of nitro benzene ring substituents is 1. The van der Waals surface area contributed by atoms with E-state index in [1.165, 1.54) is 7.11 Å². The maximum atomic E-state index is 11.3. The number of methoxy groups -OCH3 is 1. The van der Waals surface area contributed by atoms with Crippen molar-refractivity contribution in [1.29, 1.82) is 0 Å². The summed E-state index contributed by atoms with van der Waals surface area (Å²) in [5, 5.41) is 25.8. The second-order valence-corrected chi connectivity index (χ2v) is 7.83. The molecule has 4 rings (SSSR count). The maximum Gasteiger partial charge on any atom is 0.311 e. The van der Waals surface area contributed by atoms with E-state index in [0.29, 0.717) is 0 Å². The van der Waals surface area contributed by atoms with Crippen molar-refractivity contribution in [3.05, 3.63) is 50.1 Å². The zero-order valence-corrected chi connectivity index (χ0v) is 15.4. The average molecular weight is 377 g/mol. The first-order chi connectivity index (χ1) is 12.0. The van der Waals surface area contributed by atoms with E-state index in [4.69, 9.17) is 4.74 Å². The van der Waals surface area contributed by atoms with Gasteiger partial charge in [0.15, 0.2) is 11.6 Å². The summed E-state index contributed by atoms with van der Waals surface area (Å²) in [5.74, 6) is 1.35. The van der Waals surface area contributed by atoms with Crippen molar-refractivity contribution in [2.24, 2.45) is 0 Å². The third-order valence-corrected chi connectivity index (χ3v) is 6.18. The number of aromatic nitrogens is 3. The highest BCUT2D eigenvalue weighted by molar-refractivity contribution is 8.07. The number of fused-ring (bicyclic) bond motifs is 3. The van der Waals surface area contributed by atoms with Gasteiger partial charge < -0.3 is 4.74 Å². The summed E-state index contributed by atoms with van der Waals surface area (Å²) >= 11 is 3.17. The molecule has 0 radical (unpaired) electrons. The lowest BCUT2D eigenvalue weighted by Gasteiger charge is -2.26. The summed E-state index contributed by atoms with van der Waals surface area (Å²) in [6, 6.07) is 5.09. The van der Waals surface area contributed by atoms with Gasteiger partial charge >= 0.3 is 5.69 Å². The molecule has 1 aromatic heterocycles. The molecule has 25 heavy (non-hydrogen) atoms. The third-order valence-electron chi connectivity index (χ3n) is 3.99. The van der Waals surface area contributed by atoms with Crippen LogP contribution in [0, 0.1) is 10.1 Å². The fourth-order valence-corrected chi connectivity index (χ4v) is 5.07. The van der Waals surface area contributed by atoms with E-state index in [1.54, 1.807) is 35.7 Å². The van der Waals surface area contributed by atoms with Gasteiger partial charge in [0.2, 0.25) is 5.16 Å². The fraction of sp³-hybridized carbons (Fsp3) is 0.333. The number of nitrogens with zero attached hydrogens (tertiary/aromatic N) is 5. The Kier molecular flexibility index (Phi) is 3.88. The predicted octanol–water partition coefficient (Wildman–Crippen LogP) is 3.61. The van der Waals surface area contributed by atoms with Crippen LogP contribution in [0.15, 0.2) is 33.8 Å². The van der Waals surface area contributed by atoms with Crippen molar-refractivity contribution in [2.45, 2.75) is 30.3 Å². The van der Waals surface area contributed by atoms with Gasteiger partial charge in [0.25, 0.3) is 0 Å². The minimum Gasteiger partial charge on any atom is -0.490 e. The molecule has 0 spiro atoms. The van der Waals surface area contributed by atoms with Gasteiger partial charge in [-0.05, 0) is 23.4 Å². The molecule has 8 nitrogen and oxygen atoms in total. The van der Waals surface area contributed by atoms with E-state index < -0.39 is 4.92 Å². The van der Waals surface area contributed by atoms with Gasteiger partial charge in [-0.1, -0.05) is 31.7 Å². The normalized spacial score (nSPS) is 18.3. The zero-order chi connectivity index (χ0) is 17.7. The summed E-state index contributed by atoms with van der Waals surface area (Å²) in [6.07, 6.45) is 0. The van der Waals surface area contributed by atoms with Crippen LogP contribution in [0.3, 0.4) is 0 Å². The van der Waals surface area contributed by atoms with Crippen LogP contribution in [0.25, 0.3) is 0 Å². The molecule has 10 heteroatoms. The summed E-state index contributed by atoms with van der Waals surface area (Å²) in [7, 11) is 1.43. The monoisotopic (exact) mass is 377 g/mol. The molecule has 130 valence electrons. The number of hydrogen-bond acceptors (Lipinski definition) is 8. The Hall–Kier alpha value is -2.20. The summed E-state index contributed by atoms with van der Waals surface area (Å²) in [5.41, 5.74) is 0.801. The Morgan fingerprint density at radius 3 is 2.84 bits per heavy atom. The molecular formula is C15H15N5O3S2. The molecule has 2 aliphatic rings. The highest BCUT2D eigenvalue weighted by atomic mass is 32.2. The molecule has 0 fully saturated rings. The van der Waals surface area contributed by atoms with Crippen LogP contribution in [-0.2, 0) is 0 Å². The van der Waals surface area contributed by atoms with Crippen molar-refractivity contribution >= 4 is 29.2 Å². The molecular weight excluding hydrogens is 362 g/mol. The molecule has 0 amide bonds. The van der Waals surface area contributed by atoms with E-state index >= 15 is 0 Å². The molecule has 3 heterocycles. The molecule has 1 aromatic carbocycles. The Morgan fingerprint density at radius 1 is 1.36 bits per heavy atom. The Labute approximate surface area is 152 Å². The van der Waals surface area contributed by atoms with Crippen LogP contribution in [0.2, 0.25) is 0 Å². The first-order valence-electron chi connectivity index (χ1n) is 7.62. The van der Waals surface area contributed by atoms with Crippen LogP contribution >= 0.6 is 23.5 Å². The summed E-state index contributed by atoms with van der Waals surface area (Å²) in [6.45, 7) is 4.14. The summed E-state index contributed by atoms with van der Waals surface area (Å²) < 4.78 is 7.12. The number of hydrogen-bond donors (Lipinski definition) is 0. The number of ether oxygens (including phenoxy) is 1. The van der Waals surface area contributed by atoms with Crippen LogP contribution in [0.5, 0.6) is 5.75 Å². The van der Waals surface area contributed by atoms with Gasteiger partial charge in [0.1, 0.15) is 10.4 Å². The Balaban J connectivity index is 1.77. The van der Waals surface area contributed by atoms with Crippen LogP contribution < -0.4 is 9.75 Å². The average Bonchev–Trinajstić information content (AvgIpc) is 3.24. The molecule has 2 aromatic rings. The highest BCUT2D eigenvalue weighted by Gasteiger charge is 2.40. The second kappa shape index (κ2) is 5.95. The molecule has 1 unspecified atom stereocenters. The Bertz CT molecular complexity index is 895. The van der Waals surface area contributed by atoms with E-state index in [0.717, 1.165) is 21.6 Å². The van der Waals surface area contributed by atoms with Crippen molar-refractivity contribution < 1.29 is 9.66 Å². The molecule has 0 saturated carbocycles. The number of rotatable bonds is 4. The minimum absolute atomic E-state index is 0.0334. The third kappa shape index (κ3) is 2.47. The SMILES string of the molecule is COc1ccc(C2SC=C3Sc4nnc(C(C)C)n4N32)cc1[N+](=O)[O-]. The second-order valence-electron chi connectivity index (χ2n) is 5.89.